The second-order valence-electron chi connectivity index (χ2n) is 7.07. The molecule has 0 radical (unpaired) electrons. The monoisotopic (exact) mass is 284 g/mol. The van der Waals surface area contributed by atoms with Gasteiger partial charge in [-0.15, -0.1) is 0 Å². The summed E-state index contributed by atoms with van der Waals surface area (Å²) in [6, 6.07) is 0. The van der Waals surface area contributed by atoms with Crippen molar-refractivity contribution in [3.8, 4) is 0 Å². The summed E-state index contributed by atoms with van der Waals surface area (Å²) < 4.78 is 5.36. The molecule has 118 valence electrons. The first-order valence-electron chi connectivity index (χ1n) is 8.02. The molecule has 1 amide bonds. The Morgan fingerprint density at radius 2 is 1.85 bits per heavy atom. The lowest BCUT2D eigenvalue weighted by molar-refractivity contribution is 0.0381. The van der Waals surface area contributed by atoms with E-state index in [1.807, 2.05) is 20.8 Å². The van der Waals surface area contributed by atoms with E-state index in [4.69, 9.17) is 4.74 Å². The van der Waals surface area contributed by atoms with E-state index in [1.165, 1.54) is 19.3 Å². The van der Waals surface area contributed by atoms with Crippen molar-refractivity contribution in [1.29, 1.82) is 0 Å². The number of ether oxygens (including phenoxy) is 1. The Bertz CT molecular complexity index is 302. The van der Waals surface area contributed by atoms with Gasteiger partial charge in [0.05, 0.1) is 5.54 Å². The van der Waals surface area contributed by atoms with E-state index in [0.717, 1.165) is 31.8 Å². The topological polar surface area (TPSA) is 50.4 Å². The van der Waals surface area contributed by atoms with Crippen LogP contribution in [-0.2, 0) is 4.74 Å². The van der Waals surface area contributed by atoms with E-state index in [9.17, 15) is 4.79 Å². The highest BCUT2D eigenvalue weighted by Gasteiger charge is 2.39. The van der Waals surface area contributed by atoms with Gasteiger partial charge in [0.25, 0.3) is 0 Å². The summed E-state index contributed by atoms with van der Waals surface area (Å²) in [5.74, 6) is 0.730. The molecule has 0 unspecified atom stereocenters. The summed E-state index contributed by atoms with van der Waals surface area (Å²) in [7, 11) is 0. The summed E-state index contributed by atoms with van der Waals surface area (Å²) in [4.78, 5) is 11.9. The van der Waals surface area contributed by atoms with Crippen molar-refractivity contribution in [3.63, 3.8) is 0 Å². The highest BCUT2D eigenvalue weighted by molar-refractivity contribution is 5.69. The minimum atomic E-state index is -0.433. The molecule has 2 N–H and O–H groups in total. The van der Waals surface area contributed by atoms with Crippen LogP contribution in [0.2, 0.25) is 0 Å². The lowest BCUT2D eigenvalue weighted by Crippen LogP contribution is -2.60. The molecular formula is C16H32N2O2. The van der Waals surface area contributed by atoms with Gasteiger partial charge in [-0.25, -0.2) is 4.79 Å². The zero-order valence-corrected chi connectivity index (χ0v) is 13.8. The molecule has 0 saturated heterocycles. The van der Waals surface area contributed by atoms with Crippen LogP contribution in [0.1, 0.15) is 66.7 Å². The Morgan fingerprint density at radius 3 is 2.25 bits per heavy atom. The van der Waals surface area contributed by atoms with Crippen molar-refractivity contribution >= 4 is 6.09 Å². The molecule has 0 aromatic rings. The quantitative estimate of drug-likeness (QED) is 0.752. The van der Waals surface area contributed by atoms with Crippen molar-refractivity contribution < 1.29 is 9.53 Å². The Labute approximate surface area is 124 Å². The fraction of sp³-hybridized carbons (Fsp3) is 0.938. The van der Waals surface area contributed by atoms with Crippen LogP contribution in [0.3, 0.4) is 0 Å². The molecule has 0 spiro atoms. The smallest absolute Gasteiger partial charge is 0.408 e. The average Bonchev–Trinajstić information content (AvgIpc) is 2.28. The molecule has 20 heavy (non-hydrogen) atoms. The molecule has 1 saturated carbocycles. The maximum Gasteiger partial charge on any atom is 0.408 e. The Morgan fingerprint density at radius 1 is 1.25 bits per heavy atom. The Balaban J connectivity index is 2.38. The summed E-state index contributed by atoms with van der Waals surface area (Å²) in [6.45, 7) is 12.0. The van der Waals surface area contributed by atoms with Crippen LogP contribution >= 0.6 is 0 Å². The van der Waals surface area contributed by atoms with Gasteiger partial charge in [0.15, 0.2) is 0 Å². The predicted molar refractivity (Wildman–Crippen MR) is 82.9 cm³/mol. The minimum Gasteiger partial charge on any atom is -0.444 e. The zero-order chi connectivity index (χ0) is 15.2. The van der Waals surface area contributed by atoms with Crippen molar-refractivity contribution in [2.45, 2.75) is 77.9 Å². The van der Waals surface area contributed by atoms with Crippen LogP contribution in [0.4, 0.5) is 4.79 Å². The largest absolute Gasteiger partial charge is 0.444 e. The van der Waals surface area contributed by atoms with Crippen molar-refractivity contribution in [2.75, 3.05) is 13.1 Å². The van der Waals surface area contributed by atoms with E-state index in [-0.39, 0.29) is 11.6 Å². The van der Waals surface area contributed by atoms with E-state index < -0.39 is 5.60 Å². The van der Waals surface area contributed by atoms with Crippen LogP contribution < -0.4 is 10.6 Å². The molecule has 0 aromatic heterocycles. The maximum atomic E-state index is 11.9. The third kappa shape index (κ3) is 5.70. The first-order chi connectivity index (χ1) is 9.30. The molecule has 0 aliphatic heterocycles. The summed E-state index contributed by atoms with van der Waals surface area (Å²) in [5, 5.41) is 6.60. The number of nitrogens with one attached hydrogen (secondary N) is 2. The van der Waals surface area contributed by atoms with Crippen molar-refractivity contribution in [2.24, 2.45) is 5.92 Å². The first kappa shape index (κ1) is 17.3. The normalized spacial score (nSPS) is 17.7. The van der Waals surface area contributed by atoms with Gasteiger partial charge in [0.1, 0.15) is 5.60 Å². The number of carbonyl (C=O) groups is 1. The number of alkyl carbamates (subject to hydrolysis) is 1. The molecule has 1 rings (SSSR count). The molecule has 1 fully saturated rings. The third-order valence-electron chi connectivity index (χ3n) is 4.13. The van der Waals surface area contributed by atoms with Crippen molar-refractivity contribution in [1.82, 2.24) is 10.6 Å². The van der Waals surface area contributed by atoms with Gasteiger partial charge in [-0.2, -0.15) is 0 Å². The van der Waals surface area contributed by atoms with Gasteiger partial charge in [-0.05, 0) is 52.5 Å². The highest BCUT2D eigenvalue weighted by Crippen LogP contribution is 2.31. The SMILES string of the molecule is CCC(CC)CNCC1(NC(=O)OC(C)(C)C)CCC1. The van der Waals surface area contributed by atoms with Crippen LogP contribution in [0.25, 0.3) is 0 Å². The molecule has 1 aliphatic rings. The number of hydrogen-bond donors (Lipinski definition) is 2. The highest BCUT2D eigenvalue weighted by atomic mass is 16.6. The minimum absolute atomic E-state index is 0.0889. The van der Waals surface area contributed by atoms with E-state index in [2.05, 4.69) is 24.5 Å². The Hall–Kier alpha value is -0.770. The Kier molecular flexibility index (Phi) is 6.31. The molecule has 4 heteroatoms. The van der Waals surface area contributed by atoms with Crippen molar-refractivity contribution in [3.05, 3.63) is 0 Å². The maximum absolute atomic E-state index is 11.9. The van der Waals surface area contributed by atoms with Gasteiger partial charge in [-0.1, -0.05) is 26.7 Å². The van der Waals surface area contributed by atoms with E-state index in [0.29, 0.717) is 0 Å². The van der Waals surface area contributed by atoms with Gasteiger partial charge in [0, 0.05) is 6.54 Å². The molecular weight excluding hydrogens is 252 g/mol. The van der Waals surface area contributed by atoms with E-state index >= 15 is 0 Å². The summed E-state index contributed by atoms with van der Waals surface area (Å²) >= 11 is 0. The van der Waals surface area contributed by atoms with Gasteiger partial charge < -0.3 is 15.4 Å². The van der Waals surface area contributed by atoms with Gasteiger partial charge >= 0.3 is 6.09 Å². The zero-order valence-electron chi connectivity index (χ0n) is 13.8. The van der Waals surface area contributed by atoms with Gasteiger partial charge in [-0.3, -0.25) is 0 Å². The van der Waals surface area contributed by atoms with Crippen LogP contribution in [-0.4, -0.2) is 30.3 Å². The van der Waals surface area contributed by atoms with Crippen LogP contribution in [0.15, 0.2) is 0 Å². The van der Waals surface area contributed by atoms with Crippen LogP contribution in [0.5, 0.6) is 0 Å². The molecule has 0 atom stereocenters. The lowest BCUT2D eigenvalue weighted by Gasteiger charge is -2.43. The number of amides is 1. The molecule has 1 aliphatic carbocycles. The van der Waals surface area contributed by atoms with E-state index in [1.54, 1.807) is 0 Å². The number of rotatable bonds is 7. The second-order valence-corrected chi connectivity index (χ2v) is 7.07. The third-order valence-corrected chi connectivity index (χ3v) is 4.13. The second kappa shape index (κ2) is 7.30. The predicted octanol–water partition coefficient (Wildman–Crippen LogP) is 3.46. The number of carbonyl (C=O) groups excluding carboxylic acids is 1. The first-order valence-corrected chi connectivity index (χ1v) is 8.02. The molecule has 0 bridgehead atoms. The number of hydrogen-bond acceptors (Lipinski definition) is 3. The summed E-state index contributed by atoms with van der Waals surface area (Å²) in [6.07, 6.45) is 5.39. The fourth-order valence-electron chi connectivity index (χ4n) is 2.56. The standard InChI is InChI=1S/C16H32N2O2/c1-6-13(7-2)11-17-12-16(9-8-10-16)18-14(19)20-15(3,4)5/h13,17H,6-12H2,1-5H3,(H,18,19). The molecule has 0 heterocycles. The molecule has 4 nitrogen and oxygen atoms in total. The van der Waals surface area contributed by atoms with Gasteiger partial charge in [0.2, 0.25) is 0 Å². The lowest BCUT2D eigenvalue weighted by atomic mass is 9.76. The van der Waals surface area contributed by atoms with Crippen LogP contribution in [0, 0.1) is 5.92 Å². The molecule has 0 aromatic carbocycles. The summed E-state index contributed by atoms with van der Waals surface area (Å²) in [5.41, 5.74) is -0.521. The average molecular weight is 284 g/mol. The fourth-order valence-corrected chi connectivity index (χ4v) is 2.56.